The lowest BCUT2D eigenvalue weighted by molar-refractivity contribution is -0.116. The number of amides is 1. The van der Waals surface area contributed by atoms with Crippen LogP contribution in [-0.2, 0) is 11.2 Å². The summed E-state index contributed by atoms with van der Waals surface area (Å²) in [6, 6.07) is 11.2. The Hall–Kier alpha value is -1.88. The van der Waals surface area contributed by atoms with E-state index in [1.807, 2.05) is 24.3 Å². The summed E-state index contributed by atoms with van der Waals surface area (Å²) < 4.78 is 0.738. The number of aryl methyl sites for hydroxylation is 1. The summed E-state index contributed by atoms with van der Waals surface area (Å²) in [5, 5.41) is 2.80. The molecule has 1 heterocycles. The van der Waals surface area contributed by atoms with Gasteiger partial charge in [-0.05, 0) is 46.1 Å². The minimum absolute atomic E-state index is 0.0487. The molecule has 4 nitrogen and oxygen atoms in total. The first-order chi connectivity index (χ1) is 9.15. The highest BCUT2D eigenvalue weighted by Crippen LogP contribution is 2.14. The van der Waals surface area contributed by atoms with Gasteiger partial charge in [0.05, 0.1) is 11.9 Å². The Morgan fingerprint density at radius 2 is 2.05 bits per heavy atom. The van der Waals surface area contributed by atoms with E-state index in [-0.39, 0.29) is 5.91 Å². The van der Waals surface area contributed by atoms with Crippen molar-refractivity contribution in [3.63, 3.8) is 0 Å². The normalized spacial score (nSPS) is 10.2. The van der Waals surface area contributed by atoms with Crippen LogP contribution in [0.5, 0.6) is 0 Å². The van der Waals surface area contributed by atoms with E-state index in [4.69, 9.17) is 5.73 Å². The van der Waals surface area contributed by atoms with Gasteiger partial charge in [0.15, 0.2) is 0 Å². The summed E-state index contributed by atoms with van der Waals surface area (Å²) in [6.45, 7) is 0. The van der Waals surface area contributed by atoms with Crippen molar-refractivity contribution in [2.75, 3.05) is 11.1 Å². The quantitative estimate of drug-likeness (QED) is 0.672. The number of rotatable bonds is 4. The third-order valence-electron chi connectivity index (χ3n) is 2.69. The molecule has 19 heavy (non-hydrogen) atoms. The molecular weight excluding hydrogens is 306 g/mol. The van der Waals surface area contributed by atoms with Crippen molar-refractivity contribution in [2.24, 2.45) is 0 Å². The highest BCUT2D eigenvalue weighted by molar-refractivity contribution is 9.10. The maximum atomic E-state index is 11.8. The molecule has 0 aliphatic carbocycles. The number of nitrogens with one attached hydrogen (secondary N) is 1. The number of benzene rings is 1. The molecule has 0 radical (unpaired) electrons. The second kappa shape index (κ2) is 6.33. The summed E-state index contributed by atoms with van der Waals surface area (Å²) in [5.41, 5.74) is 8.23. The van der Waals surface area contributed by atoms with Crippen LogP contribution < -0.4 is 11.1 Å². The zero-order valence-corrected chi connectivity index (χ0v) is 11.9. The fourth-order valence-corrected chi connectivity index (χ4v) is 1.92. The van der Waals surface area contributed by atoms with Gasteiger partial charge in [-0.25, -0.2) is 4.98 Å². The molecule has 0 bridgehead atoms. The van der Waals surface area contributed by atoms with E-state index in [1.165, 1.54) is 0 Å². The number of para-hydroxylation sites is 1. The molecule has 98 valence electrons. The average molecular weight is 320 g/mol. The van der Waals surface area contributed by atoms with Crippen molar-refractivity contribution in [1.82, 2.24) is 4.98 Å². The van der Waals surface area contributed by atoms with Crippen molar-refractivity contribution < 1.29 is 4.79 Å². The third-order valence-corrected chi connectivity index (χ3v) is 3.16. The monoisotopic (exact) mass is 319 g/mol. The number of pyridine rings is 1. The van der Waals surface area contributed by atoms with Crippen LogP contribution in [0.2, 0.25) is 0 Å². The van der Waals surface area contributed by atoms with Gasteiger partial charge in [-0.3, -0.25) is 4.79 Å². The Bertz CT molecular complexity index is 569. The van der Waals surface area contributed by atoms with Crippen LogP contribution in [0.1, 0.15) is 12.0 Å². The van der Waals surface area contributed by atoms with Gasteiger partial charge in [-0.1, -0.05) is 18.2 Å². The van der Waals surface area contributed by atoms with Crippen molar-refractivity contribution >= 4 is 33.2 Å². The first-order valence-corrected chi connectivity index (χ1v) is 6.69. The number of hydrogen-bond acceptors (Lipinski definition) is 3. The first kappa shape index (κ1) is 13.5. The van der Waals surface area contributed by atoms with Gasteiger partial charge in [-0.2, -0.15) is 0 Å². The van der Waals surface area contributed by atoms with Gasteiger partial charge < -0.3 is 11.1 Å². The molecule has 1 aromatic carbocycles. The summed E-state index contributed by atoms with van der Waals surface area (Å²) in [5.74, 6) is -0.0487. The lowest BCUT2D eigenvalue weighted by Crippen LogP contribution is -2.12. The SMILES string of the molecule is Nc1ccccc1CCC(=O)Nc1ccc(Br)nc1. The lowest BCUT2D eigenvalue weighted by atomic mass is 10.1. The van der Waals surface area contributed by atoms with E-state index in [9.17, 15) is 4.79 Å². The molecule has 1 aromatic heterocycles. The summed E-state index contributed by atoms with van der Waals surface area (Å²) >= 11 is 3.24. The summed E-state index contributed by atoms with van der Waals surface area (Å²) in [4.78, 5) is 15.8. The van der Waals surface area contributed by atoms with Gasteiger partial charge in [0, 0.05) is 12.1 Å². The number of aromatic nitrogens is 1. The highest BCUT2D eigenvalue weighted by Gasteiger charge is 2.05. The Labute approximate surface area is 120 Å². The van der Waals surface area contributed by atoms with Crippen LogP contribution in [0.15, 0.2) is 47.2 Å². The Balaban J connectivity index is 1.88. The van der Waals surface area contributed by atoms with Gasteiger partial charge in [0.1, 0.15) is 4.60 Å². The van der Waals surface area contributed by atoms with E-state index in [0.717, 1.165) is 15.9 Å². The number of nitrogens with two attached hydrogens (primary N) is 1. The van der Waals surface area contributed by atoms with Crippen molar-refractivity contribution in [1.29, 1.82) is 0 Å². The van der Waals surface area contributed by atoms with E-state index >= 15 is 0 Å². The zero-order valence-electron chi connectivity index (χ0n) is 10.3. The summed E-state index contributed by atoms with van der Waals surface area (Å²) in [6.07, 6.45) is 2.63. The van der Waals surface area contributed by atoms with Crippen LogP contribution in [0.25, 0.3) is 0 Å². The molecule has 0 saturated heterocycles. The van der Waals surface area contributed by atoms with Crippen LogP contribution in [0.3, 0.4) is 0 Å². The number of nitrogens with zero attached hydrogens (tertiary/aromatic N) is 1. The minimum Gasteiger partial charge on any atom is -0.399 e. The molecule has 2 aromatic rings. The molecule has 2 rings (SSSR count). The van der Waals surface area contributed by atoms with Crippen molar-refractivity contribution in [3.8, 4) is 0 Å². The number of carbonyl (C=O) groups is 1. The molecule has 3 N–H and O–H groups in total. The topological polar surface area (TPSA) is 68.0 Å². The standard InChI is InChI=1S/C14H14BrN3O/c15-13-7-6-11(9-17-13)18-14(19)8-5-10-3-1-2-4-12(10)16/h1-4,6-7,9H,5,8,16H2,(H,18,19). The molecule has 0 saturated carbocycles. The van der Waals surface area contributed by atoms with Crippen LogP contribution in [0.4, 0.5) is 11.4 Å². The maximum Gasteiger partial charge on any atom is 0.224 e. The smallest absolute Gasteiger partial charge is 0.224 e. The van der Waals surface area contributed by atoms with Gasteiger partial charge >= 0.3 is 0 Å². The fraction of sp³-hybridized carbons (Fsp3) is 0.143. The molecule has 1 amide bonds. The van der Waals surface area contributed by atoms with Crippen molar-refractivity contribution in [3.05, 3.63) is 52.8 Å². The number of nitrogen functional groups attached to an aromatic ring is 1. The second-order valence-electron chi connectivity index (χ2n) is 4.12. The predicted molar refractivity (Wildman–Crippen MR) is 79.7 cm³/mol. The van der Waals surface area contributed by atoms with Gasteiger partial charge in [0.2, 0.25) is 5.91 Å². The maximum absolute atomic E-state index is 11.8. The number of anilines is 2. The first-order valence-electron chi connectivity index (χ1n) is 5.90. The van der Waals surface area contributed by atoms with Crippen molar-refractivity contribution in [2.45, 2.75) is 12.8 Å². The second-order valence-corrected chi connectivity index (χ2v) is 4.93. The third kappa shape index (κ3) is 4.06. The largest absolute Gasteiger partial charge is 0.399 e. The molecule has 0 atom stereocenters. The van der Waals surface area contributed by atoms with Crippen LogP contribution in [0, 0.1) is 0 Å². The number of halogens is 1. The average Bonchev–Trinajstić information content (AvgIpc) is 2.40. The van der Waals surface area contributed by atoms with E-state index in [1.54, 1.807) is 18.3 Å². The zero-order chi connectivity index (χ0) is 13.7. The Morgan fingerprint density at radius 3 is 2.74 bits per heavy atom. The minimum atomic E-state index is -0.0487. The predicted octanol–water partition coefficient (Wildman–Crippen LogP) is 3.00. The van der Waals surface area contributed by atoms with E-state index in [0.29, 0.717) is 18.5 Å². The van der Waals surface area contributed by atoms with Gasteiger partial charge in [-0.15, -0.1) is 0 Å². The fourth-order valence-electron chi connectivity index (χ4n) is 1.68. The molecule has 0 aliphatic rings. The molecule has 0 fully saturated rings. The lowest BCUT2D eigenvalue weighted by Gasteiger charge is -2.06. The Kier molecular flexibility index (Phi) is 4.52. The molecule has 0 aliphatic heterocycles. The molecule has 0 spiro atoms. The van der Waals surface area contributed by atoms with Crippen LogP contribution >= 0.6 is 15.9 Å². The van der Waals surface area contributed by atoms with Gasteiger partial charge in [0.25, 0.3) is 0 Å². The number of hydrogen-bond donors (Lipinski definition) is 2. The molecule has 5 heteroatoms. The molecular formula is C14H14BrN3O. The molecule has 0 unspecified atom stereocenters. The van der Waals surface area contributed by atoms with Crippen LogP contribution in [-0.4, -0.2) is 10.9 Å². The Morgan fingerprint density at radius 1 is 1.26 bits per heavy atom. The van der Waals surface area contributed by atoms with E-state index in [2.05, 4.69) is 26.2 Å². The summed E-state index contributed by atoms with van der Waals surface area (Å²) in [7, 11) is 0. The number of carbonyl (C=O) groups excluding carboxylic acids is 1. The van der Waals surface area contributed by atoms with E-state index < -0.39 is 0 Å². The highest BCUT2D eigenvalue weighted by atomic mass is 79.9.